The summed E-state index contributed by atoms with van der Waals surface area (Å²) in [4.78, 5) is 30.6. The van der Waals surface area contributed by atoms with E-state index in [4.69, 9.17) is 14.5 Å². The van der Waals surface area contributed by atoms with Gasteiger partial charge in [0, 0.05) is 6.54 Å². The smallest absolute Gasteiger partial charge is 0.262 e. The van der Waals surface area contributed by atoms with Crippen LogP contribution in [0.5, 0.6) is 11.5 Å². The first-order valence-electron chi connectivity index (χ1n) is 10.3. The number of carbonyl (C=O) groups is 1. The number of aromatic nitrogens is 2. The molecule has 1 atom stereocenters. The van der Waals surface area contributed by atoms with E-state index in [2.05, 4.69) is 5.32 Å². The van der Waals surface area contributed by atoms with Gasteiger partial charge >= 0.3 is 0 Å². The highest BCUT2D eigenvalue weighted by molar-refractivity contribution is 8.00. The Morgan fingerprint density at radius 3 is 2.71 bits per heavy atom. The third kappa shape index (κ3) is 4.54. The van der Waals surface area contributed by atoms with Gasteiger partial charge in [0.1, 0.15) is 0 Å². The first-order chi connectivity index (χ1) is 15.1. The predicted octanol–water partition coefficient (Wildman–Crippen LogP) is 3.22. The molecule has 3 aromatic rings. The molecule has 31 heavy (non-hydrogen) atoms. The molecular weight excluding hydrogens is 414 g/mol. The molecule has 2 heterocycles. The zero-order chi connectivity index (χ0) is 21.8. The van der Waals surface area contributed by atoms with E-state index in [1.807, 2.05) is 36.4 Å². The average Bonchev–Trinajstić information content (AvgIpc) is 3.00. The Balaban J connectivity index is 1.77. The van der Waals surface area contributed by atoms with Crippen molar-refractivity contribution in [1.82, 2.24) is 14.9 Å². The monoisotopic (exact) mass is 439 g/mol. The minimum atomic E-state index is -0.271. The van der Waals surface area contributed by atoms with Crippen LogP contribution in [0.3, 0.4) is 0 Å². The number of rotatable bonds is 6. The van der Waals surface area contributed by atoms with Gasteiger partial charge in [-0.05, 0) is 42.7 Å². The third-order valence-corrected chi connectivity index (χ3v) is 6.60. The number of amides is 1. The second-order valence-corrected chi connectivity index (χ2v) is 8.56. The fraction of sp³-hybridized carbons (Fsp3) is 0.348. The lowest BCUT2D eigenvalue weighted by molar-refractivity contribution is -0.120. The number of hydrogen-bond donors (Lipinski definition) is 1. The molecule has 1 N–H and O–H groups in total. The summed E-state index contributed by atoms with van der Waals surface area (Å²) in [5, 5.41) is 3.78. The fourth-order valence-electron chi connectivity index (χ4n) is 3.69. The number of carbonyl (C=O) groups excluding carboxylic acids is 1. The van der Waals surface area contributed by atoms with Crippen molar-refractivity contribution in [1.29, 1.82) is 0 Å². The van der Waals surface area contributed by atoms with Gasteiger partial charge in [-0.25, -0.2) is 4.98 Å². The zero-order valence-electron chi connectivity index (χ0n) is 17.6. The van der Waals surface area contributed by atoms with Crippen molar-refractivity contribution in [2.24, 2.45) is 0 Å². The Kier molecular flexibility index (Phi) is 6.46. The first kappa shape index (κ1) is 21.2. The van der Waals surface area contributed by atoms with Gasteiger partial charge in [-0.2, -0.15) is 0 Å². The summed E-state index contributed by atoms with van der Waals surface area (Å²) >= 11 is 1.36. The number of fused-ring (bicyclic) bond motifs is 1. The minimum Gasteiger partial charge on any atom is -0.493 e. The summed E-state index contributed by atoms with van der Waals surface area (Å²) in [6.45, 7) is 1.01. The van der Waals surface area contributed by atoms with Gasteiger partial charge in [-0.1, -0.05) is 36.4 Å². The second-order valence-electron chi connectivity index (χ2n) is 7.39. The van der Waals surface area contributed by atoms with Crippen LogP contribution in [0.1, 0.15) is 24.8 Å². The van der Waals surface area contributed by atoms with E-state index in [0.29, 0.717) is 40.6 Å². The largest absolute Gasteiger partial charge is 0.493 e. The lowest BCUT2D eigenvalue weighted by Gasteiger charge is -2.18. The topological polar surface area (TPSA) is 82.5 Å². The summed E-state index contributed by atoms with van der Waals surface area (Å²) in [6.07, 6.45) is 2.69. The molecular formula is C23H25N3O4S. The van der Waals surface area contributed by atoms with Crippen LogP contribution in [0.15, 0.2) is 52.4 Å². The van der Waals surface area contributed by atoms with Gasteiger partial charge in [0.2, 0.25) is 5.91 Å². The molecule has 1 aliphatic heterocycles. The molecule has 7 nitrogen and oxygen atoms in total. The fourth-order valence-corrected chi connectivity index (χ4v) is 4.84. The van der Waals surface area contributed by atoms with Gasteiger partial charge in [-0.3, -0.25) is 14.2 Å². The number of ether oxygens (including phenoxy) is 2. The van der Waals surface area contributed by atoms with Gasteiger partial charge in [0.15, 0.2) is 16.7 Å². The molecule has 1 aliphatic rings. The Labute approximate surface area is 184 Å². The third-order valence-electron chi connectivity index (χ3n) is 5.35. The molecule has 0 bridgehead atoms. The second kappa shape index (κ2) is 9.43. The van der Waals surface area contributed by atoms with Gasteiger partial charge in [0.25, 0.3) is 5.56 Å². The van der Waals surface area contributed by atoms with Gasteiger partial charge in [-0.15, -0.1) is 0 Å². The van der Waals surface area contributed by atoms with Crippen molar-refractivity contribution < 1.29 is 14.3 Å². The predicted molar refractivity (Wildman–Crippen MR) is 121 cm³/mol. The summed E-state index contributed by atoms with van der Waals surface area (Å²) in [5.41, 5.74) is 1.38. The van der Waals surface area contributed by atoms with E-state index in [1.165, 1.54) is 11.8 Å². The van der Waals surface area contributed by atoms with Crippen molar-refractivity contribution in [3.8, 4) is 11.5 Å². The number of para-hydroxylation sites is 1. The SMILES string of the molecule is COc1ccc(Cn2c(SC3CCCCNC3=O)nc3ccccc3c2=O)cc1OC. The normalized spacial score (nSPS) is 16.6. The summed E-state index contributed by atoms with van der Waals surface area (Å²) in [5.74, 6) is 1.22. The van der Waals surface area contributed by atoms with Crippen LogP contribution in [-0.4, -0.2) is 41.5 Å². The highest BCUT2D eigenvalue weighted by Gasteiger charge is 2.25. The molecule has 0 radical (unpaired) electrons. The molecule has 1 saturated heterocycles. The van der Waals surface area contributed by atoms with Crippen LogP contribution in [0.25, 0.3) is 10.9 Å². The average molecular weight is 440 g/mol. The minimum absolute atomic E-state index is 0.00238. The Morgan fingerprint density at radius 2 is 1.90 bits per heavy atom. The van der Waals surface area contributed by atoms with Crippen LogP contribution in [0.2, 0.25) is 0 Å². The maximum atomic E-state index is 13.4. The highest BCUT2D eigenvalue weighted by Crippen LogP contribution is 2.30. The molecule has 4 rings (SSSR count). The first-order valence-corrected chi connectivity index (χ1v) is 11.1. The number of benzene rings is 2. The van der Waals surface area contributed by atoms with Crippen LogP contribution in [-0.2, 0) is 11.3 Å². The van der Waals surface area contributed by atoms with E-state index in [9.17, 15) is 9.59 Å². The van der Waals surface area contributed by atoms with Crippen LogP contribution in [0, 0.1) is 0 Å². The zero-order valence-corrected chi connectivity index (χ0v) is 18.4. The van der Waals surface area contributed by atoms with E-state index < -0.39 is 0 Å². The van der Waals surface area contributed by atoms with Crippen molar-refractivity contribution >= 4 is 28.6 Å². The van der Waals surface area contributed by atoms with Crippen LogP contribution in [0.4, 0.5) is 0 Å². The maximum Gasteiger partial charge on any atom is 0.262 e. The molecule has 1 amide bonds. The van der Waals surface area contributed by atoms with E-state index in [-0.39, 0.29) is 16.7 Å². The van der Waals surface area contributed by atoms with E-state index >= 15 is 0 Å². The number of nitrogens with one attached hydrogen (secondary N) is 1. The number of thioether (sulfide) groups is 1. The maximum absolute atomic E-state index is 13.4. The lowest BCUT2D eigenvalue weighted by Crippen LogP contribution is -2.32. The molecule has 0 spiro atoms. The van der Waals surface area contributed by atoms with Gasteiger partial charge in [0.05, 0.1) is 36.9 Å². The quantitative estimate of drug-likeness (QED) is 0.594. The molecule has 2 aromatic carbocycles. The molecule has 0 saturated carbocycles. The molecule has 162 valence electrons. The lowest BCUT2D eigenvalue weighted by atomic mass is 10.2. The Morgan fingerprint density at radius 1 is 1.10 bits per heavy atom. The standard InChI is InChI=1S/C23H25N3O4S/c1-29-18-11-10-15(13-19(18)30-2)14-26-22(28)16-7-3-4-8-17(16)25-23(26)31-20-9-5-6-12-24-21(20)27/h3-4,7-8,10-11,13,20H,5-6,9,12,14H2,1-2H3,(H,24,27). The van der Waals surface area contributed by atoms with Crippen molar-refractivity contribution in [2.45, 2.75) is 36.2 Å². The van der Waals surface area contributed by atoms with Crippen molar-refractivity contribution in [2.75, 3.05) is 20.8 Å². The van der Waals surface area contributed by atoms with Crippen molar-refractivity contribution in [3.05, 3.63) is 58.4 Å². The summed E-state index contributed by atoms with van der Waals surface area (Å²) in [6, 6.07) is 12.9. The summed E-state index contributed by atoms with van der Waals surface area (Å²) in [7, 11) is 3.17. The Hall–Kier alpha value is -3.00. The van der Waals surface area contributed by atoms with E-state index in [0.717, 1.165) is 24.8 Å². The number of hydrogen-bond acceptors (Lipinski definition) is 6. The van der Waals surface area contributed by atoms with Crippen LogP contribution >= 0.6 is 11.8 Å². The van der Waals surface area contributed by atoms with Gasteiger partial charge < -0.3 is 14.8 Å². The molecule has 1 aromatic heterocycles. The van der Waals surface area contributed by atoms with Crippen LogP contribution < -0.4 is 20.3 Å². The number of nitrogens with zero attached hydrogens (tertiary/aromatic N) is 2. The van der Waals surface area contributed by atoms with E-state index in [1.54, 1.807) is 24.9 Å². The summed E-state index contributed by atoms with van der Waals surface area (Å²) < 4.78 is 12.4. The molecule has 1 fully saturated rings. The Bertz CT molecular complexity index is 1160. The number of methoxy groups -OCH3 is 2. The molecule has 8 heteroatoms. The molecule has 1 unspecified atom stereocenters. The highest BCUT2D eigenvalue weighted by atomic mass is 32.2. The molecule has 0 aliphatic carbocycles. The van der Waals surface area contributed by atoms with Crippen molar-refractivity contribution in [3.63, 3.8) is 0 Å².